The molecule has 1 rings (SSSR count). The summed E-state index contributed by atoms with van der Waals surface area (Å²) in [5.74, 6) is 3.91. The summed E-state index contributed by atoms with van der Waals surface area (Å²) in [6, 6.07) is 0.195. The second-order valence-corrected chi connectivity index (χ2v) is 5.10. The first kappa shape index (κ1) is 12.8. The molecule has 0 radical (unpaired) electrons. The average Bonchev–Trinajstić information content (AvgIpc) is 2.14. The SMILES string of the molecule is CC(C)CC(NN)C1CCC(F)(F)CC1. The summed E-state index contributed by atoms with van der Waals surface area (Å²) in [5, 5.41) is 0. The smallest absolute Gasteiger partial charge is 0.248 e. The van der Waals surface area contributed by atoms with Crippen LogP contribution in [0.2, 0.25) is 0 Å². The minimum atomic E-state index is -2.44. The maximum absolute atomic E-state index is 13.0. The van der Waals surface area contributed by atoms with Gasteiger partial charge in [0.05, 0.1) is 0 Å². The first-order chi connectivity index (χ1) is 6.94. The molecule has 0 aromatic heterocycles. The third kappa shape index (κ3) is 4.03. The second-order valence-electron chi connectivity index (χ2n) is 5.10. The van der Waals surface area contributed by atoms with Crippen LogP contribution in [-0.2, 0) is 0 Å². The van der Waals surface area contributed by atoms with E-state index in [1.807, 2.05) is 0 Å². The fraction of sp³-hybridized carbons (Fsp3) is 1.00. The first-order valence-corrected chi connectivity index (χ1v) is 5.78. The molecule has 0 aliphatic heterocycles. The molecule has 90 valence electrons. The fourth-order valence-electron chi connectivity index (χ4n) is 2.37. The van der Waals surface area contributed by atoms with Crippen LogP contribution in [-0.4, -0.2) is 12.0 Å². The van der Waals surface area contributed by atoms with E-state index < -0.39 is 5.92 Å². The number of halogens is 2. The quantitative estimate of drug-likeness (QED) is 0.564. The molecule has 0 aromatic carbocycles. The van der Waals surface area contributed by atoms with Gasteiger partial charge in [-0.25, -0.2) is 8.78 Å². The number of nitrogens with one attached hydrogen (secondary N) is 1. The van der Waals surface area contributed by atoms with Gasteiger partial charge in [-0.05, 0) is 31.1 Å². The van der Waals surface area contributed by atoms with Gasteiger partial charge in [0.25, 0.3) is 0 Å². The van der Waals surface area contributed by atoms with Gasteiger partial charge in [0, 0.05) is 18.9 Å². The lowest BCUT2D eigenvalue weighted by Crippen LogP contribution is -2.44. The highest BCUT2D eigenvalue weighted by molar-refractivity contribution is 4.84. The first-order valence-electron chi connectivity index (χ1n) is 5.78. The summed E-state index contributed by atoms with van der Waals surface area (Å²) in [5.41, 5.74) is 2.79. The lowest BCUT2D eigenvalue weighted by Gasteiger charge is -2.34. The van der Waals surface area contributed by atoms with Crippen LogP contribution in [0.4, 0.5) is 8.78 Å². The van der Waals surface area contributed by atoms with Crippen molar-refractivity contribution in [1.29, 1.82) is 0 Å². The Morgan fingerprint density at radius 2 is 1.87 bits per heavy atom. The molecule has 1 saturated carbocycles. The van der Waals surface area contributed by atoms with E-state index in [1.165, 1.54) is 0 Å². The van der Waals surface area contributed by atoms with Crippen LogP contribution in [0.25, 0.3) is 0 Å². The van der Waals surface area contributed by atoms with E-state index in [0.717, 1.165) is 6.42 Å². The van der Waals surface area contributed by atoms with E-state index in [4.69, 9.17) is 5.84 Å². The molecule has 0 bridgehead atoms. The van der Waals surface area contributed by atoms with Crippen molar-refractivity contribution in [1.82, 2.24) is 5.43 Å². The molecule has 2 nitrogen and oxygen atoms in total. The van der Waals surface area contributed by atoms with Gasteiger partial charge in [-0.2, -0.15) is 0 Å². The molecule has 0 saturated heterocycles. The summed E-state index contributed by atoms with van der Waals surface area (Å²) in [6.45, 7) is 4.25. The van der Waals surface area contributed by atoms with Gasteiger partial charge in [0.1, 0.15) is 0 Å². The van der Waals surface area contributed by atoms with Gasteiger partial charge in [0.2, 0.25) is 5.92 Å². The van der Waals surface area contributed by atoms with E-state index in [1.54, 1.807) is 0 Å². The van der Waals surface area contributed by atoms with Crippen molar-refractivity contribution in [2.75, 3.05) is 0 Å². The van der Waals surface area contributed by atoms with E-state index in [-0.39, 0.29) is 18.9 Å². The molecular weight excluding hydrogens is 198 g/mol. The molecule has 0 heterocycles. The Morgan fingerprint density at radius 1 is 1.33 bits per heavy atom. The predicted molar refractivity (Wildman–Crippen MR) is 57.5 cm³/mol. The fourth-order valence-corrected chi connectivity index (χ4v) is 2.37. The van der Waals surface area contributed by atoms with Crippen molar-refractivity contribution in [3.05, 3.63) is 0 Å². The standard InChI is InChI=1S/C11H22F2N2/c1-8(2)7-10(15-14)9-3-5-11(12,13)6-4-9/h8-10,15H,3-7,14H2,1-2H3. The number of hydrogen-bond donors (Lipinski definition) is 2. The predicted octanol–water partition coefficient (Wildman–Crippen LogP) is 2.69. The highest BCUT2D eigenvalue weighted by Crippen LogP contribution is 2.38. The van der Waals surface area contributed by atoms with E-state index in [0.29, 0.717) is 24.7 Å². The molecule has 0 amide bonds. The number of rotatable bonds is 4. The van der Waals surface area contributed by atoms with Crippen molar-refractivity contribution < 1.29 is 8.78 Å². The molecular formula is C11H22F2N2. The molecule has 0 aromatic rings. The van der Waals surface area contributed by atoms with Gasteiger partial charge in [-0.1, -0.05) is 13.8 Å². The van der Waals surface area contributed by atoms with Crippen molar-refractivity contribution in [2.24, 2.45) is 17.7 Å². The highest BCUT2D eigenvalue weighted by Gasteiger charge is 2.37. The Morgan fingerprint density at radius 3 is 2.27 bits per heavy atom. The Balaban J connectivity index is 2.42. The molecule has 1 atom stereocenters. The largest absolute Gasteiger partial charge is 0.271 e. The Labute approximate surface area is 90.6 Å². The van der Waals surface area contributed by atoms with Crippen LogP contribution in [0.5, 0.6) is 0 Å². The number of hydrogen-bond acceptors (Lipinski definition) is 2. The van der Waals surface area contributed by atoms with Gasteiger partial charge in [-0.3, -0.25) is 11.3 Å². The summed E-state index contributed by atoms with van der Waals surface area (Å²) >= 11 is 0. The van der Waals surface area contributed by atoms with Crippen LogP contribution in [0, 0.1) is 11.8 Å². The maximum atomic E-state index is 13.0. The average molecular weight is 220 g/mol. The van der Waals surface area contributed by atoms with Gasteiger partial charge < -0.3 is 0 Å². The maximum Gasteiger partial charge on any atom is 0.248 e. The molecule has 3 N–H and O–H groups in total. The van der Waals surface area contributed by atoms with Crippen LogP contribution in [0.15, 0.2) is 0 Å². The molecule has 1 unspecified atom stereocenters. The Hall–Kier alpha value is -0.220. The summed E-state index contributed by atoms with van der Waals surface area (Å²) < 4.78 is 25.9. The highest BCUT2D eigenvalue weighted by atomic mass is 19.3. The lowest BCUT2D eigenvalue weighted by molar-refractivity contribution is -0.0502. The molecule has 1 fully saturated rings. The van der Waals surface area contributed by atoms with E-state index in [2.05, 4.69) is 19.3 Å². The van der Waals surface area contributed by atoms with Crippen LogP contribution in [0.1, 0.15) is 46.0 Å². The van der Waals surface area contributed by atoms with Gasteiger partial charge in [0.15, 0.2) is 0 Å². The van der Waals surface area contributed by atoms with Crippen molar-refractivity contribution in [3.63, 3.8) is 0 Å². The Bertz CT molecular complexity index is 185. The topological polar surface area (TPSA) is 38.0 Å². The molecule has 0 spiro atoms. The molecule has 1 aliphatic rings. The normalized spacial score (nSPS) is 24.4. The lowest BCUT2D eigenvalue weighted by atomic mass is 9.80. The molecule has 15 heavy (non-hydrogen) atoms. The molecule has 4 heteroatoms. The minimum absolute atomic E-state index is 0.0218. The zero-order valence-electron chi connectivity index (χ0n) is 9.60. The van der Waals surface area contributed by atoms with Crippen molar-refractivity contribution >= 4 is 0 Å². The summed E-state index contributed by atoms with van der Waals surface area (Å²) in [4.78, 5) is 0. The molecule has 1 aliphatic carbocycles. The third-order valence-electron chi connectivity index (χ3n) is 3.27. The van der Waals surface area contributed by atoms with Crippen molar-refractivity contribution in [2.45, 2.75) is 57.9 Å². The summed E-state index contributed by atoms with van der Waals surface area (Å²) in [7, 11) is 0. The third-order valence-corrected chi connectivity index (χ3v) is 3.27. The van der Waals surface area contributed by atoms with E-state index >= 15 is 0 Å². The zero-order chi connectivity index (χ0) is 11.5. The summed E-state index contributed by atoms with van der Waals surface area (Å²) in [6.07, 6.45) is 2.19. The van der Waals surface area contributed by atoms with E-state index in [9.17, 15) is 8.78 Å². The zero-order valence-corrected chi connectivity index (χ0v) is 9.60. The number of alkyl halides is 2. The van der Waals surface area contributed by atoms with Crippen molar-refractivity contribution in [3.8, 4) is 0 Å². The van der Waals surface area contributed by atoms with Crippen LogP contribution >= 0.6 is 0 Å². The minimum Gasteiger partial charge on any atom is -0.271 e. The van der Waals surface area contributed by atoms with Crippen LogP contribution in [0.3, 0.4) is 0 Å². The second kappa shape index (κ2) is 5.21. The van der Waals surface area contributed by atoms with Crippen LogP contribution < -0.4 is 11.3 Å². The van der Waals surface area contributed by atoms with Gasteiger partial charge in [-0.15, -0.1) is 0 Å². The number of nitrogens with two attached hydrogens (primary N) is 1. The van der Waals surface area contributed by atoms with Gasteiger partial charge >= 0.3 is 0 Å². The number of hydrazine groups is 1. The Kier molecular flexibility index (Phi) is 4.46. The monoisotopic (exact) mass is 220 g/mol.